The van der Waals surface area contributed by atoms with Crippen LogP contribution in [-0.2, 0) is 29.3 Å². The minimum atomic E-state index is -4.93. The van der Waals surface area contributed by atoms with Crippen molar-refractivity contribution >= 4 is 32.0 Å². The molecule has 5 aromatic rings. The lowest BCUT2D eigenvalue weighted by Gasteiger charge is -2.15. The van der Waals surface area contributed by atoms with Gasteiger partial charge in [0.2, 0.25) is 27.2 Å². The molecule has 0 bridgehead atoms. The van der Waals surface area contributed by atoms with Gasteiger partial charge in [0.1, 0.15) is 27.9 Å². The maximum atomic E-state index is 15.0. The summed E-state index contributed by atoms with van der Waals surface area (Å²) < 4.78 is 197. The monoisotopic (exact) mass is 826 g/mol. The van der Waals surface area contributed by atoms with Gasteiger partial charge in [-0.3, -0.25) is 4.55 Å². The van der Waals surface area contributed by atoms with Gasteiger partial charge in [-0.15, -0.1) is 4.33 Å². The van der Waals surface area contributed by atoms with Crippen LogP contribution in [0, 0.1) is 53.5 Å². The Bertz CT molecular complexity index is 2460. The van der Waals surface area contributed by atoms with Crippen LogP contribution in [0.15, 0.2) is 80.2 Å². The number of rotatable bonds is 12. The molecule has 54 heavy (non-hydrogen) atoms. The Balaban J connectivity index is 1.44. The van der Waals surface area contributed by atoms with Gasteiger partial charge in [-0.25, -0.2) is 40.0 Å². The van der Waals surface area contributed by atoms with Crippen molar-refractivity contribution in [1.29, 1.82) is 0 Å². The molecule has 286 valence electrons. The predicted molar refractivity (Wildman–Crippen MR) is 168 cm³/mol. The lowest BCUT2D eigenvalue weighted by molar-refractivity contribution is -0.432. The molecule has 0 amide bonds. The third-order valence-electron chi connectivity index (χ3n) is 7.33. The summed E-state index contributed by atoms with van der Waals surface area (Å²) in [6, 6.07) is 9.75. The van der Waals surface area contributed by atoms with E-state index in [0.29, 0.717) is 13.0 Å². The van der Waals surface area contributed by atoms with E-state index in [4.69, 9.17) is 19.5 Å². The van der Waals surface area contributed by atoms with Crippen molar-refractivity contribution in [3.63, 3.8) is 0 Å². The summed E-state index contributed by atoms with van der Waals surface area (Å²) in [4.78, 5) is -2.10. The highest BCUT2D eigenvalue weighted by atomic mass is 32.2. The molecule has 0 aliphatic carbocycles. The largest absolute Gasteiger partial charge is 0.495 e. The zero-order valence-electron chi connectivity index (χ0n) is 26.6. The van der Waals surface area contributed by atoms with Gasteiger partial charge in [0.25, 0.3) is 10.1 Å². The van der Waals surface area contributed by atoms with Crippen molar-refractivity contribution in [3.05, 3.63) is 113 Å². The Morgan fingerprint density at radius 2 is 1.07 bits per heavy atom. The van der Waals surface area contributed by atoms with Crippen molar-refractivity contribution in [2.24, 2.45) is 0 Å². The Morgan fingerprint density at radius 3 is 1.56 bits per heavy atom. The lowest BCUT2D eigenvalue weighted by Crippen LogP contribution is -2.09. The summed E-state index contributed by atoms with van der Waals surface area (Å²) in [5, 5.41) is 12.2. The van der Waals surface area contributed by atoms with Crippen LogP contribution in [0.1, 0.15) is 5.56 Å². The highest BCUT2D eigenvalue weighted by Crippen LogP contribution is 2.42. The number of ether oxygens (including phenoxy) is 3. The quantitative estimate of drug-likeness (QED) is 0.0308. The predicted octanol–water partition coefficient (Wildman–Crippen LogP) is 8.88. The Kier molecular flexibility index (Phi) is 11.5. The van der Waals surface area contributed by atoms with E-state index >= 15 is 0 Å². The first-order valence-electron chi connectivity index (χ1n) is 14.2. The zero-order valence-corrected chi connectivity index (χ0v) is 29.0. The van der Waals surface area contributed by atoms with Crippen molar-refractivity contribution in [3.8, 4) is 39.9 Å². The third kappa shape index (κ3) is 7.53. The van der Waals surface area contributed by atoms with E-state index in [-0.39, 0.29) is 34.2 Å². The van der Waals surface area contributed by atoms with Crippen LogP contribution in [0.3, 0.4) is 0 Å². The molecule has 22 heteroatoms. The molecule has 0 atom stereocenters. The normalized spacial score (nSPS) is 11.9. The third-order valence-corrected chi connectivity index (χ3v) is 10.6. The highest BCUT2D eigenvalue weighted by molar-refractivity contribution is 7.94. The maximum Gasteiger partial charge on any atom is 0.298 e. The molecule has 0 aliphatic rings. The van der Waals surface area contributed by atoms with E-state index in [0.717, 1.165) is 61.7 Å². The Morgan fingerprint density at radius 1 is 0.611 bits per heavy atom. The van der Waals surface area contributed by atoms with Crippen molar-refractivity contribution < 1.29 is 85.4 Å². The van der Waals surface area contributed by atoms with Gasteiger partial charge >= 0.3 is 0 Å². The first-order chi connectivity index (χ1) is 25.3. The second-order valence-corrected chi connectivity index (χ2v) is 14.6. The van der Waals surface area contributed by atoms with Crippen molar-refractivity contribution in [2.45, 2.75) is 26.5 Å². The minimum Gasteiger partial charge on any atom is -0.495 e. The molecular weight excluding hydrogens is 809 g/mol. The van der Waals surface area contributed by atoms with Gasteiger partial charge in [0.05, 0.1) is 45.0 Å². The minimum absolute atomic E-state index is 0.110. The Hall–Kier alpha value is -4.97. The van der Waals surface area contributed by atoms with Gasteiger partial charge in [-0.2, -0.15) is 17.2 Å². The average Bonchev–Trinajstić information content (AvgIpc) is 3.14. The van der Waals surface area contributed by atoms with E-state index < -0.39 is 109 Å². The number of sulfone groups is 1. The van der Waals surface area contributed by atoms with Crippen LogP contribution < -0.4 is 14.2 Å². The van der Waals surface area contributed by atoms with Gasteiger partial charge in [0, 0.05) is 5.56 Å². The van der Waals surface area contributed by atoms with Crippen LogP contribution in [0.2, 0.25) is 0 Å². The van der Waals surface area contributed by atoms with Crippen molar-refractivity contribution in [2.75, 3.05) is 7.11 Å². The fourth-order valence-corrected chi connectivity index (χ4v) is 7.33. The fourth-order valence-electron chi connectivity index (χ4n) is 4.72. The smallest absolute Gasteiger partial charge is 0.298 e. The van der Waals surface area contributed by atoms with Gasteiger partial charge in [-0.05, 0) is 67.6 Å². The number of methoxy groups -OCH3 is 1. The molecule has 5 rings (SSSR count). The number of hydrogen-bond acceptors (Lipinski definition) is 11. The molecule has 0 fully saturated rings. The summed E-state index contributed by atoms with van der Waals surface area (Å²) in [7, 11) is -8.36. The van der Waals surface area contributed by atoms with E-state index in [1.54, 1.807) is 0 Å². The second kappa shape index (κ2) is 15.4. The van der Waals surface area contributed by atoms with E-state index in [9.17, 15) is 56.5 Å². The van der Waals surface area contributed by atoms with Crippen LogP contribution in [-0.4, -0.2) is 33.8 Å². The molecule has 0 saturated heterocycles. The summed E-state index contributed by atoms with van der Waals surface area (Å²) in [5.74, 6) is -21.2. The molecule has 11 nitrogen and oxygen atoms in total. The SMILES string of the molecule is COc1ccc(S(=O)(=O)c2ccc(Oc3ccc(Oc4c(F)c(F)c(-c5c(F)c(F)c(C)c(F)c5F)c(F)c4F)cc3)c(SOOO)c2)cc1S(=O)(=O)O. The van der Waals surface area contributed by atoms with E-state index in [2.05, 4.69) is 9.37 Å². The van der Waals surface area contributed by atoms with Crippen LogP contribution in [0.25, 0.3) is 11.1 Å². The molecule has 0 unspecified atom stereocenters. The average molecular weight is 827 g/mol. The van der Waals surface area contributed by atoms with Crippen LogP contribution in [0.4, 0.5) is 35.1 Å². The lowest BCUT2D eigenvalue weighted by atomic mass is 9.99. The topological polar surface area (TPSA) is 155 Å². The summed E-state index contributed by atoms with van der Waals surface area (Å²) in [6.07, 6.45) is 0. The summed E-state index contributed by atoms with van der Waals surface area (Å²) in [5.41, 5.74) is -5.31. The second-order valence-electron chi connectivity index (χ2n) is 10.5. The highest BCUT2D eigenvalue weighted by Gasteiger charge is 2.34. The summed E-state index contributed by atoms with van der Waals surface area (Å²) in [6.45, 7) is 0.613. The first-order valence-corrected chi connectivity index (χ1v) is 17.8. The molecule has 0 aliphatic heterocycles. The molecule has 2 N–H and O–H groups in total. The molecular formula is C32H18F8O11S3. The van der Waals surface area contributed by atoms with Gasteiger partial charge in [0.15, 0.2) is 34.9 Å². The van der Waals surface area contributed by atoms with Crippen LogP contribution in [0.5, 0.6) is 28.7 Å². The van der Waals surface area contributed by atoms with Crippen molar-refractivity contribution in [1.82, 2.24) is 0 Å². The first kappa shape index (κ1) is 40.2. The standard InChI is InChI=1S/C32H18F8O11S3/c1-13-24(33)26(35)22(27(36)25(13)34)23-28(37)30(39)32(31(40)29(23)38)49-15-5-3-14(4-6-15)48-18-9-7-16(11-20(18)52-51-50-41)53(42,43)17-8-10-19(47-2)21(12-17)54(44,45)46/h3-12,41H,1-2H3,(H,44,45,46). The molecule has 0 spiro atoms. The Labute approximate surface area is 303 Å². The molecule has 0 saturated carbocycles. The zero-order chi connectivity index (χ0) is 39.9. The number of halogens is 8. The van der Waals surface area contributed by atoms with Gasteiger partial charge in [-0.1, -0.05) is 5.04 Å². The van der Waals surface area contributed by atoms with Gasteiger partial charge < -0.3 is 14.2 Å². The molecule has 0 radical (unpaired) electrons. The molecule has 0 aromatic heterocycles. The van der Waals surface area contributed by atoms with E-state index in [1.807, 2.05) is 0 Å². The maximum absolute atomic E-state index is 15.0. The molecule has 5 aromatic carbocycles. The molecule has 0 heterocycles. The number of benzene rings is 5. The van der Waals surface area contributed by atoms with E-state index in [1.165, 1.54) is 0 Å². The fraction of sp³-hybridized carbons (Fsp3) is 0.0625. The van der Waals surface area contributed by atoms with Crippen LogP contribution >= 0.6 is 12.0 Å². The number of hydrogen-bond donors (Lipinski definition) is 2. The summed E-state index contributed by atoms with van der Waals surface area (Å²) >= 11 is 0.234.